The first-order valence-corrected chi connectivity index (χ1v) is 6.10. The Morgan fingerprint density at radius 1 is 1.29 bits per heavy atom. The van der Waals surface area contributed by atoms with Crippen molar-refractivity contribution in [2.75, 3.05) is 14.2 Å². The van der Waals surface area contributed by atoms with Crippen LogP contribution in [0, 0.1) is 0 Å². The van der Waals surface area contributed by atoms with Gasteiger partial charge < -0.3 is 14.0 Å². The molecule has 0 atom stereocenters. The second-order valence-electron chi connectivity index (χ2n) is 4.24. The molecule has 2 aromatic heterocycles. The standard InChI is InChI=1S/C12H15N5O4/c1-16-5-4-13-9(16)7-17-8(6-10(18)20-2)11(14-15-17)12(19)21-3/h4-5H,6-7H2,1-3H3. The number of esters is 2. The van der Waals surface area contributed by atoms with E-state index in [-0.39, 0.29) is 18.7 Å². The van der Waals surface area contributed by atoms with Crippen molar-refractivity contribution < 1.29 is 19.1 Å². The van der Waals surface area contributed by atoms with Gasteiger partial charge in [-0.2, -0.15) is 0 Å². The minimum absolute atomic E-state index is 0.00268. The number of aryl methyl sites for hydroxylation is 1. The van der Waals surface area contributed by atoms with Crippen LogP contribution < -0.4 is 0 Å². The van der Waals surface area contributed by atoms with Crippen molar-refractivity contribution in [2.24, 2.45) is 7.05 Å². The number of imidazole rings is 1. The number of aromatic nitrogens is 5. The smallest absolute Gasteiger partial charge is 0.360 e. The van der Waals surface area contributed by atoms with E-state index in [4.69, 9.17) is 0 Å². The van der Waals surface area contributed by atoms with Gasteiger partial charge in [0, 0.05) is 19.4 Å². The molecular weight excluding hydrogens is 278 g/mol. The Morgan fingerprint density at radius 3 is 2.62 bits per heavy atom. The Balaban J connectivity index is 2.36. The van der Waals surface area contributed by atoms with E-state index in [2.05, 4.69) is 24.8 Å². The van der Waals surface area contributed by atoms with Gasteiger partial charge in [0.15, 0.2) is 5.69 Å². The van der Waals surface area contributed by atoms with Gasteiger partial charge >= 0.3 is 11.9 Å². The minimum atomic E-state index is -0.653. The third kappa shape index (κ3) is 3.07. The Kier molecular flexibility index (Phi) is 4.31. The predicted molar refractivity (Wildman–Crippen MR) is 69.4 cm³/mol. The summed E-state index contributed by atoms with van der Waals surface area (Å²) < 4.78 is 12.5. The highest BCUT2D eigenvalue weighted by Gasteiger charge is 2.23. The molecular formula is C12H15N5O4. The summed E-state index contributed by atoms with van der Waals surface area (Å²) in [6.07, 6.45) is 3.30. The van der Waals surface area contributed by atoms with Gasteiger partial charge in [0.2, 0.25) is 0 Å². The number of ether oxygens (including phenoxy) is 2. The molecule has 0 unspecified atom stereocenters. The number of carbonyl (C=O) groups is 2. The van der Waals surface area contributed by atoms with Crippen LogP contribution in [0.4, 0.5) is 0 Å². The Morgan fingerprint density at radius 2 is 2.05 bits per heavy atom. The summed E-state index contributed by atoms with van der Waals surface area (Å²) in [5.41, 5.74) is 0.328. The zero-order valence-electron chi connectivity index (χ0n) is 11.9. The van der Waals surface area contributed by atoms with E-state index < -0.39 is 11.9 Å². The Bertz CT molecular complexity index is 660. The highest BCUT2D eigenvalue weighted by molar-refractivity contribution is 5.89. The van der Waals surface area contributed by atoms with E-state index in [1.165, 1.54) is 18.9 Å². The molecule has 0 saturated heterocycles. The van der Waals surface area contributed by atoms with Gasteiger partial charge in [0.25, 0.3) is 0 Å². The zero-order valence-corrected chi connectivity index (χ0v) is 11.9. The van der Waals surface area contributed by atoms with Crippen molar-refractivity contribution in [2.45, 2.75) is 13.0 Å². The molecule has 0 aromatic carbocycles. The van der Waals surface area contributed by atoms with Gasteiger partial charge in [-0.3, -0.25) is 4.79 Å². The Labute approximate surface area is 120 Å². The molecule has 0 saturated carbocycles. The zero-order chi connectivity index (χ0) is 15.4. The maximum absolute atomic E-state index is 11.7. The fourth-order valence-electron chi connectivity index (χ4n) is 1.78. The lowest BCUT2D eigenvalue weighted by molar-refractivity contribution is -0.139. The lowest BCUT2D eigenvalue weighted by Crippen LogP contribution is -2.17. The van der Waals surface area contributed by atoms with E-state index in [1.54, 1.807) is 17.0 Å². The van der Waals surface area contributed by atoms with Crippen molar-refractivity contribution in [3.05, 3.63) is 29.6 Å². The summed E-state index contributed by atoms with van der Waals surface area (Å²) >= 11 is 0. The van der Waals surface area contributed by atoms with Crippen molar-refractivity contribution >= 4 is 11.9 Å². The highest BCUT2D eigenvalue weighted by Crippen LogP contribution is 2.11. The number of hydrogen-bond acceptors (Lipinski definition) is 7. The van der Waals surface area contributed by atoms with Gasteiger partial charge in [-0.05, 0) is 0 Å². The fraction of sp³-hybridized carbons (Fsp3) is 0.417. The summed E-state index contributed by atoms with van der Waals surface area (Å²) in [7, 11) is 4.34. The van der Waals surface area contributed by atoms with Gasteiger partial charge in [0.05, 0.1) is 26.3 Å². The molecule has 0 amide bonds. The second-order valence-corrected chi connectivity index (χ2v) is 4.24. The van der Waals surface area contributed by atoms with E-state index in [1.807, 2.05) is 7.05 Å². The summed E-state index contributed by atoms with van der Waals surface area (Å²) in [4.78, 5) is 27.3. The molecule has 2 aromatic rings. The number of methoxy groups -OCH3 is 2. The second kappa shape index (κ2) is 6.16. The van der Waals surface area contributed by atoms with Crippen molar-refractivity contribution in [1.82, 2.24) is 24.5 Å². The lowest BCUT2D eigenvalue weighted by atomic mass is 10.2. The van der Waals surface area contributed by atoms with Crippen LogP contribution in [0.25, 0.3) is 0 Å². The van der Waals surface area contributed by atoms with Gasteiger partial charge in [-0.15, -0.1) is 5.10 Å². The predicted octanol–water partition coefficient (Wildman–Crippen LogP) is -0.438. The van der Waals surface area contributed by atoms with Crippen LogP contribution >= 0.6 is 0 Å². The third-order valence-electron chi connectivity index (χ3n) is 2.97. The maximum Gasteiger partial charge on any atom is 0.360 e. The highest BCUT2D eigenvalue weighted by atomic mass is 16.5. The molecule has 9 heteroatoms. The lowest BCUT2D eigenvalue weighted by Gasteiger charge is -2.07. The number of nitrogens with zero attached hydrogens (tertiary/aromatic N) is 5. The summed E-state index contributed by atoms with van der Waals surface area (Å²) in [6, 6.07) is 0. The molecule has 2 heterocycles. The van der Waals surface area contributed by atoms with Crippen LogP contribution in [0.5, 0.6) is 0 Å². The van der Waals surface area contributed by atoms with Crippen LogP contribution in [0.2, 0.25) is 0 Å². The van der Waals surface area contributed by atoms with Crippen molar-refractivity contribution in [3.63, 3.8) is 0 Å². The maximum atomic E-state index is 11.7. The summed E-state index contributed by atoms with van der Waals surface area (Å²) in [5.74, 6) is -0.439. The molecule has 0 bridgehead atoms. The van der Waals surface area contributed by atoms with Gasteiger partial charge in [-0.25, -0.2) is 14.5 Å². The van der Waals surface area contributed by atoms with E-state index in [0.717, 1.165) is 0 Å². The van der Waals surface area contributed by atoms with Gasteiger partial charge in [-0.1, -0.05) is 5.21 Å². The molecule has 21 heavy (non-hydrogen) atoms. The first-order valence-electron chi connectivity index (χ1n) is 6.10. The molecule has 0 aliphatic carbocycles. The molecule has 9 nitrogen and oxygen atoms in total. The van der Waals surface area contributed by atoms with E-state index >= 15 is 0 Å². The number of carbonyl (C=O) groups excluding carboxylic acids is 2. The summed E-state index contributed by atoms with van der Waals surface area (Å²) in [6.45, 7) is 0.278. The molecule has 2 rings (SSSR count). The third-order valence-corrected chi connectivity index (χ3v) is 2.97. The number of rotatable bonds is 5. The summed E-state index contributed by atoms with van der Waals surface area (Å²) in [5, 5.41) is 7.67. The first kappa shape index (κ1) is 14.7. The first-order chi connectivity index (χ1) is 10.1. The monoisotopic (exact) mass is 293 g/mol. The van der Waals surface area contributed by atoms with E-state index in [9.17, 15) is 9.59 Å². The SMILES string of the molecule is COC(=O)Cc1c(C(=O)OC)nnn1Cc1nccn1C. The van der Waals surface area contributed by atoms with Crippen LogP contribution in [-0.2, 0) is 34.3 Å². The van der Waals surface area contributed by atoms with E-state index in [0.29, 0.717) is 11.5 Å². The fourth-order valence-corrected chi connectivity index (χ4v) is 1.78. The van der Waals surface area contributed by atoms with Crippen molar-refractivity contribution in [3.8, 4) is 0 Å². The van der Waals surface area contributed by atoms with Gasteiger partial charge in [0.1, 0.15) is 12.4 Å². The molecule has 0 spiro atoms. The molecule has 0 aliphatic heterocycles. The average Bonchev–Trinajstić information content (AvgIpc) is 3.06. The van der Waals surface area contributed by atoms with Crippen LogP contribution in [0.15, 0.2) is 12.4 Å². The minimum Gasteiger partial charge on any atom is -0.469 e. The normalized spacial score (nSPS) is 10.4. The average molecular weight is 293 g/mol. The van der Waals surface area contributed by atoms with Crippen LogP contribution in [0.1, 0.15) is 22.0 Å². The largest absolute Gasteiger partial charge is 0.469 e. The quantitative estimate of drug-likeness (QED) is 0.689. The molecule has 0 N–H and O–H groups in total. The van der Waals surface area contributed by atoms with Crippen LogP contribution in [0.3, 0.4) is 0 Å². The Hall–Kier alpha value is -2.71. The molecule has 0 fully saturated rings. The van der Waals surface area contributed by atoms with Crippen molar-refractivity contribution in [1.29, 1.82) is 0 Å². The van der Waals surface area contributed by atoms with Crippen LogP contribution in [-0.4, -0.2) is 50.7 Å². The molecule has 112 valence electrons. The molecule has 0 radical (unpaired) electrons. The number of hydrogen-bond donors (Lipinski definition) is 0. The topological polar surface area (TPSA) is 101 Å². The molecule has 0 aliphatic rings.